The molecular weight excluding hydrogens is 184 g/mol. The standard InChI is InChI=1S/C13H28N2/c1-4-13(5-2,9-14)10-15-12-7-6-11(3)8-12/h11-12,15H,4-10,14H2,1-3H3. The van der Waals surface area contributed by atoms with Crippen molar-refractivity contribution in [2.75, 3.05) is 13.1 Å². The molecule has 15 heavy (non-hydrogen) atoms. The van der Waals surface area contributed by atoms with Gasteiger partial charge in [-0.2, -0.15) is 0 Å². The molecule has 2 atom stereocenters. The SMILES string of the molecule is CCC(CC)(CN)CNC1CCC(C)C1. The van der Waals surface area contributed by atoms with E-state index in [2.05, 4.69) is 26.1 Å². The van der Waals surface area contributed by atoms with Crippen LogP contribution in [0.3, 0.4) is 0 Å². The molecule has 0 aliphatic heterocycles. The average Bonchev–Trinajstić information content (AvgIpc) is 2.67. The maximum atomic E-state index is 5.90. The van der Waals surface area contributed by atoms with E-state index in [1.807, 2.05) is 0 Å². The van der Waals surface area contributed by atoms with E-state index in [0.717, 1.165) is 25.0 Å². The van der Waals surface area contributed by atoms with Crippen molar-refractivity contribution < 1.29 is 0 Å². The van der Waals surface area contributed by atoms with Crippen molar-refractivity contribution in [3.05, 3.63) is 0 Å². The molecule has 0 bridgehead atoms. The summed E-state index contributed by atoms with van der Waals surface area (Å²) in [6, 6.07) is 0.754. The summed E-state index contributed by atoms with van der Waals surface area (Å²) < 4.78 is 0. The summed E-state index contributed by atoms with van der Waals surface area (Å²) in [5.41, 5.74) is 6.24. The molecule has 1 rings (SSSR count). The van der Waals surface area contributed by atoms with E-state index in [9.17, 15) is 0 Å². The lowest BCUT2D eigenvalue weighted by Crippen LogP contribution is -2.42. The maximum Gasteiger partial charge on any atom is 0.00699 e. The molecule has 2 nitrogen and oxygen atoms in total. The van der Waals surface area contributed by atoms with Crippen LogP contribution in [0, 0.1) is 11.3 Å². The van der Waals surface area contributed by atoms with Crippen LogP contribution in [-0.2, 0) is 0 Å². The van der Waals surface area contributed by atoms with Gasteiger partial charge in [-0.1, -0.05) is 20.8 Å². The summed E-state index contributed by atoms with van der Waals surface area (Å²) in [6.07, 6.45) is 6.49. The highest BCUT2D eigenvalue weighted by molar-refractivity contribution is 4.85. The average molecular weight is 212 g/mol. The Morgan fingerprint density at radius 1 is 1.27 bits per heavy atom. The first kappa shape index (κ1) is 13.0. The number of hydrogen-bond acceptors (Lipinski definition) is 2. The normalized spacial score (nSPS) is 27.2. The van der Waals surface area contributed by atoms with Crippen LogP contribution in [-0.4, -0.2) is 19.1 Å². The molecular formula is C13H28N2. The first-order chi connectivity index (χ1) is 7.15. The zero-order valence-electron chi connectivity index (χ0n) is 10.7. The van der Waals surface area contributed by atoms with Gasteiger partial charge >= 0.3 is 0 Å². The summed E-state index contributed by atoms with van der Waals surface area (Å²) in [5, 5.41) is 3.73. The fourth-order valence-corrected chi connectivity index (χ4v) is 2.61. The zero-order valence-corrected chi connectivity index (χ0v) is 10.7. The van der Waals surface area contributed by atoms with E-state index >= 15 is 0 Å². The second-order valence-corrected chi connectivity index (χ2v) is 5.41. The molecule has 0 aromatic heterocycles. The smallest absolute Gasteiger partial charge is 0.00699 e. The first-order valence-electron chi connectivity index (χ1n) is 6.59. The first-order valence-corrected chi connectivity index (χ1v) is 6.59. The Labute approximate surface area is 95.0 Å². The highest BCUT2D eigenvalue weighted by Gasteiger charge is 2.27. The minimum atomic E-state index is 0.339. The molecule has 1 saturated carbocycles. The lowest BCUT2D eigenvalue weighted by Gasteiger charge is -2.32. The van der Waals surface area contributed by atoms with Crippen molar-refractivity contribution in [1.82, 2.24) is 5.32 Å². The van der Waals surface area contributed by atoms with Gasteiger partial charge in [-0.3, -0.25) is 0 Å². The summed E-state index contributed by atoms with van der Waals surface area (Å²) in [6.45, 7) is 8.80. The predicted molar refractivity (Wildman–Crippen MR) is 66.9 cm³/mol. The van der Waals surface area contributed by atoms with Crippen LogP contribution >= 0.6 is 0 Å². The van der Waals surface area contributed by atoms with Gasteiger partial charge < -0.3 is 11.1 Å². The second-order valence-electron chi connectivity index (χ2n) is 5.41. The van der Waals surface area contributed by atoms with Gasteiger partial charge in [0.05, 0.1) is 0 Å². The minimum absolute atomic E-state index is 0.339. The van der Waals surface area contributed by atoms with Crippen LogP contribution in [0.25, 0.3) is 0 Å². The monoisotopic (exact) mass is 212 g/mol. The molecule has 0 aromatic carbocycles. The molecule has 2 unspecified atom stereocenters. The van der Waals surface area contributed by atoms with Gasteiger partial charge in [0.2, 0.25) is 0 Å². The van der Waals surface area contributed by atoms with E-state index in [-0.39, 0.29) is 0 Å². The Morgan fingerprint density at radius 2 is 1.93 bits per heavy atom. The fraction of sp³-hybridized carbons (Fsp3) is 1.00. The van der Waals surface area contributed by atoms with Crippen molar-refractivity contribution in [1.29, 1.82) is 0 Å². The van der Waals surface area contributed by atoms with Crippen molar-refractivity contribution in [3.63, 3.8) is 0 Å². The van der Waals surface area contributed by atoms with E-state index < -0.39 is 0 Å². The highest BCUT2D eigenvalue weighted by Crippen LogP contribution is 2.28. The lowest BCUT2D eigenvalue weighted by atomic mass is 9.82. The molecule has 1 fully saturated rings. The van der Waals surface area contributed by atoms with Crippen LogP contribution in [0.1, 0.15) is 52.9 Å². The molecule has 0 saturated heterocycles. The maximum absolute atomic E-state index is 5.90. The Bertz CT molecular complexity index is 167. The molecule has 1 aliphatic rings. The van der Waals surface area contributed by atoms with Gasteiger partial charge in [0.15, 0.2) is 0 Å². The molecule has 0 amide bonds. The third-order valence-corrected chi connectivity index (χ3v) is 4.39. The van der Waals surface area contributed by atoms with Crippen LogP contribution in [0.4, 0.5) is 0 Å². The molecule has 2 heteroatoms. The van der Waals surface area contributed by atoms with Crippen molar-refractivity contribution in [3.8, 4) is 0 Å². The third-order valence-electron chi connectivity index (χ3n) is 4.39. The molecule has 1 aliphatic carbocycles. The quantitative estimate of drug-likeness (QED) is 0.710. The topological polar surface area (TPSA) is 38.0 Å². The third kappa shape index (κ3) is 3.46. The molecule has 0 spiro atoms. The van der Waals surface area contributed by atoms with E-state index in [1.54, 1.807) is 0 Å². The van der Waals surface area contributed by atoms with Crippen molar-refractivity contribution >= 4 is 0 Å². The zero-order chi connectivity index (χ0) is 11.3. The van der Waals surface area contributed by atoms with Crippen LogP contribution in [0.2, 0.25) is 0 Å². The van der Waals surface area contributed by atoms with Crippen molar-refractivity contribution in [2.45, 2.75) is 58.9 Å². The summed E-state index contributed by atoms with van der Waals surface area (Å²) >= 11 is 0. The van der Waals surface area contributed by atoms with Gasteiger partial charge in [-0.25, -0.2) is 0 Å². The summed E-state index contributed by atoms with van der Waals surface area (Å²) in [7, 11) is 0. The van der Waals surface area contributed by atoms with Crippen LogP contribution in [0.5, 0.6) is 0 Å². The predicted octanol–water partition coefficient (Wildman–Crippen LogP) is 2.53. The van der Waals surface area contributed by atoms with E-state index in [1.165, 1.54) is 32.1 Å². The fourth-order valence-electron chi connectivity index (χ4n) is 2.61. The molecule has 3 N–H and O–H groups in total. The van der Waals surface area contributed by atoms with Gasteiger partial charge in [0.25, 0.3) is 0 Å². The van der Waals surface area contributed by atoms with E-state index in [0.29, 0.717) is 5.41 Å². The largest absolute Gasteiger partial charge is 0.330 e. The molecule has 0 aromatic rings. The van der Waals surface area contributed by atoms with Crippen LogP contribution < -0.4 is 11.1 Å². The Balaban J connectivity index is 2.33. The van der Waals surface area contributed by atoms with Gasteiger partial charge in [0.1, 0.15) is 0 Å². The number of nitrogens with two attached hydrogens (primary N) is 1. The molecule has 90 valence electrons. The molecule has 0 radical (unpaired) electrons. The second kappa shape index (κ2) is 5.86. The lowest BCUT2D eigenvalue weighted by molar-refractivity contribution is 0.246. The van der Waals surface area contributed by atoms with Crippen LogP contribution in [0.15, 0.2) is 0 Å². The number of rotatable bonds is 6. The Hall–Kier alpha value is -0.0800. The number of hydrogen-bond donors (Lipinski definition) is 2. The van der Waals surface area contributed by atoms with E-state index in [4.69, 9.17) is 5.73 Å². The number of nitrogens with one attached hydrogen (secondary N) is 1. The van der Waals surface area contributed by atoms with Crippen molar-refractivity contribution in [2.24, 2.45) is 17.1 Å². The molecule has 0 heterocycles. The summed E-state index contributed by atoms with van der Waals surface area (Å²) in [4.78, 5) is 0. The Kier molecular flexibility index (Phi) is 5.07. The van der Waals surface area contributed by atoms with Gasteiger partial charge in [-0.05, 0) is 50.0 Å². The van der Waals surface area contributed by atoms with Gasteiger partial charge in [-0.15, -0.1) is 0 Å². The summed E-state index contributed by atoms with van der Waals surface area (Å²) in [5.74, 6) is 0.915. The minimum Gasteiger partial charge on any atom is -0.330 e. The van der Waals surface area contributed by atoms with Gasteiger partial charge in [0, 0.05) is 12.6 Å². The highest BCUT2D eigenvalue weighted by atomic mass is 14.9. The Morgan fingerprint density at radius 3 is 2.33 bits per heavy atom.